The lowest BCUT2D eigenvalue weighted by Crippen LogP contribution is -2.54. The van der Waals surface area contributed by atoms with Crippen molar-refractivity contribution in [1.29, 1.82) is 0 Å². The van der Waals surface area contributed by atoms with Gasteiger partial charge < -0.3 is 18.9 Å². The van der Waals surface area contributed by atoms with E-state index in [-0.39, 0.29) is 23.9 Å². The fourth-order valence-corrected chi connectivity index (χ4v) is 12.2. The maximum atomic E-state index is 12.7. The van der Waals surface area contributed by atoms with E-state index >= 15 is 0 Å². The summed E-state index contributed by atoms with van der Waals surface area (Å²) in [5, 5.41) is 0. The molecule has 0 radical (unpaired) electrons. The lowest BCUT2D eigenvalue weighted by atomic mass is 9.63. The highest BCUT2D eigenvalue weighted by Crippen LogP contribution is 2.52. The average Bonchev–Trinajstić information content (AvgIpc) is 4.09. The second-order valence-corrected chi connectivity index (χ2v) is 19.7. The zero-order chi connectivity index (χ0) is 49.8. The van der Waals surface area contributed by atoms with Gasteiger partial charge in [0.1, 0.15) is 61.0 Å². The first-order valence-corrected chi connectivity index (χ1v) is 23.5. The molecule has 0 saturated carbocycles. The molecule has 4 heterocycles. The third-order valence-corrected chi connectivity index (χ3v) is 14.6. The average molecular weight is 921 g/mol. The molecule has 4 aromatic carbocycles. The summed E-state index contributed by atoms with van der Waals surface area (Å²) in [6, 6.07) is 17.3. The Labute approximate surface area is 401 Å². The quantitative estimate of drug-likeness (QED) is 0.0682. The molecule has 0 aliphatic carbocycles. The number of benzene rings is 4. The number of esters is 4. The zero-order valence-corrected chi connectivity index (χ0v) is 42.7. The topological polar surface area (TPSA) is 123 Å². The van der Waals surface area contributed by atoms with Crippen LogP contribution >= 0.6 is 0 Å². The van der Waals surface area contributed by atoms with E-state index in [2.05, 4.69) is 150 Å². The smallest absolute Gasteiger partial charge is 0.271 e. The highest BCUT2D eigenvalue weighted by Gasteiger charge is 2.59. The van der Waals surface area contributed by atoms with E-state index in [0.29, 0.717) is 0 Å². The van der Waals surface area contributed by atoms with Crippen LogP contribution in [0.5, 0.6) is 0 Å². The Morgan fingerprint density at radius 3 is 0.838 bits per heavy atom. The molecule has 0 N–H and O–H groups in total. The van der Waals surface area contributed by atoms with Crippen molar-refractivity contribution in [1.82, 2.24) is 9.13 Å². The van der Waals surface area contributed by atoms with Gasteiger partial charge in [0.15, 0.2) is 0 Å². The van der Waals surface area contributed by atoms with Crippen LogP contribution in [0, 0.1) is 83.1 Å². The Morgan fingerprint density at radius 2 is 0.618 bits per heavy atom. The van der Waals surface area contributed by atoms with Crippen molar-refractivity contribution < 1.29 is 47.3 Å². The fraction of sp³-hybridized carbons (Fsp3) is 0.370. The Morgan fingerprint density at radius 1 is 0.397 bits per heavy atom. The molecule has 2 aliphatic rings. The Balaban J connectivity index is 0.000000201. The van der Waals surface area contributed by atoms with E-state index in [9.17, 15) is 19.2 Å². The molecule has 8 rings (SSSR count). The molecule has 356 valence electrons. The molecule has 0 unspecified atom stereocenters. The largest absolute Gasteiger partial charge is 0.471 e. The van der Waals surface area contributed by atoms with E-state index in [1.165, 1.54) is 50.7 Å². The summed E-state index contributed by atoms with van der Waals surface area (Å²) in [5.74, 6) is -3.45. The van der Waals surface area contributed by atoms with Gasteiger partial charge in [-0.25, -0.2) is 18.3 Å². The number of imidazole rings is 2. The number of hydrogen-bond donors (Lipinski definition) is 0. The molecular formula is C54H66B2N4O8. The van der Waals surface area contributed by atoms with Gasteiger partial charge in [-0.1, -0.05) is 94.1 Å². The van der Waals surface area contributed by atoms with Crippen molar-refractivity contribution in [3.05, 3.63) is 140 Å². The molecule has 68 heavy (non-hydrogen) atoms. The predicted octanol–water partition coefficient (Wildman–Crippen LogP) is 6.28. The number of methoxy groups -OCH3 is 4. The van der Waals surface area contributed by atoms with Crippen LogP contribution in [0.15, 0.2) is 73.3 Å². The molecule has 4 atom stereocenters. The van der Waals surface area contributed by atoms with E-state index in [4.69, 9.17) is 18.9 Å². The SMILES string of the molecule is COC(=O)[C@@H]1[BH-](c2n(-c3c(C)cc(C)cc3C)cc[n+]2-c2c(C)cc(C)cc2C)[C@H]1C(=O)OC.COC(=O)[C@@H]1[BH-](c2n(-c3c(C)cc(C)cc3C)cc[n+]2-c2c(C)cc(C)cc2C)[C@H]1C(=O)OC. The van der Waals surface area contributed by atoms with Crippen molar-refractivity contribution in [3.63, 3.8) is 0 Å². The minimum absolute atomic E-state index is 0.357. The second-order valence-electron chi connectivity index (χ2n) is 19.7. The molecule has 2 aromatic heterocycles. The number of carbonyl (C=O) groups is 4. The predicted molar refractivity (Wildman–Crippen MR) is 268 cm³/mol. The molecule has 2 fully saturated rings. The third kappa shape index (κ3) is 8.81. The highest BCUT2D eigenvalue weighted by molar-refractivity contribution is 6.92. The molecule has 2 saturated heterocycles. The lowest BCUT2D eigenvalue weighted by molar-refractivity contribution is -0.576. The van der Waals surface area contributed by atoms with Gasteiger partial charge in [0.2, 0.25) is 0 Å². The van der Waals surface area contributed by atoms with Crippen molar-refractivity contribution >= 4 is 48.8 Å². The van der Waals surface area contributed by atoms with Crippen LogP contribution < -0.4 is 20.6 Å². The molecule has 0 bridgehead atoms. The van der Waals surface area contributed by atoms with Crippen LogP contribution in [0.2, 0.25) is 23.3 Å². The van der Waals surface area contributed by atoms with Crippen molar-refractivity contribution in [3.8, 4) is 22.7 Å². The van der Waals surface area contributed by atoms with E-state index in [1.54, 1.807) is 0 Å². The number of aryl methyl sites for hydroxylation is 12. The van der Waals surface area contributed by atoms with Gasteiger partial charge in [0.25, 0.3) is 23.9 Å². The maximum absolute atomic E-state index is 12.7. The van der Waals surface area contributed by atoms with Crippen molar-refractivity contribution in [2.45, 2.75) is 106 Å². The first-order valence-electron chi connectivity index (χ1n) is 23.5. The molecule has 12 nitrogen and oxygen atoms in total. The minimum atomic E-state index is -1.44. The summed E-state index contributed by atoms with van der Waals surface area (Å²) in [6.07, 6.45) is 8.19. The summed E-state index contributed by atoms with van der Waals surface area (Å²) in [4.78, 5) is 50.9. The van der Waals surface area contributed by atoms with Crippen LogP contribution in [-0.4, -0.2) is 74.9 Å². The summed E-state index contributed by atoms with van der Waals surface area (Å²) in [5.41, 5.74) is 20.1. The van der Waals surface area contributed by atoms with Crippen molar-refractivity contribution in [2.75, 3.05) is 28.4 Å². The number of nitrogens with zero attached hydrogens (tertiary/aromatic N) is 4. The number of ether oxygens (including phenoxy) is 4. The lowest BCUT2D eigenvalue weighted by Gasteiger charge is -2.16. The minimum Gasteiger partial charge on any atom is -0.471 e. The molecule has 0 amide bonds. The fourth-order valence-electron chi connectivity index (χ4n) is 12.2. The van der Waals surface area contributed by atoms with E-state index < -0.39 is 36.7 Å². The molecular weight excluding hydrogens is 854 g/mol. The van der Waals surface area contributed by atoms with Crippen LogP contribution in [-0.2, 0) is 38.1 Å². The maximum Gasteiger partial charge on any atom is 0.271 e. The van der Waals surface area contributed by atoms with Gasteiger partial charge in [-0.15, -0.1) is 0 Å². The van der Waals surface area contributed by atoms with Gasteiger partial charge in [-0.05, 0) is 128 Å². The van der Waals surface area contributed by atoms with Gasteiger partial charge in [-0.3, -0.25) is 19.2 Å². The van der Waals surface area contributed by atoms with E-state index in [1.807, 2.05) is 24.8 Å². The second kappa shape index (κ2) is 19.1. The van der Waals surface area contributed by atoms with Gasteiger partial charge in [0, 0.05) is 0 Å². The van der Waals surface area contributed by atoms with Crippen LogP contribution in [0.25, 0.3) is 22.7 Å². The number of carbonyl (C=O) groups excluding carboxylic acids is 4. The third-order valence-electron chi connectivity index (χ3n) is 14.6. The number of hydrogen-bond acceptors (Lipinski definition) is 8. The van der Waals surface area contributed by atoms with Gasteiger partial charge in [0.05, 0.1) is 39.9 Å². The molecule has 2 aliphatic heterocycles. The Hall–Kier alpha value is -6.69. The molecule has 6 aromatic rings. The normalized spacial score (nSPS) is 19.1. The van der Waals surface area contributed by atoms with Gasteiger partial charge >= 0.3 is 0 Å². The molecule has 14 heteroatoms. The zero-order valence-electron chi connectivity index (χ0n) is 42.7. The summed E-state index contributed by atoms with van der Waals surface area (Å²) < 4.78 is 29.1. The molecule has 0 spiro atoms. The Kier molecular flexibility index (Phi) is 13.8. The monoisotopic (exact) mass is 921 g/mol. The first-order chi connectivity index (χ1) is 32.2. The summed E-state index contributed by atoms with van der Waals surface area (Å²) in [6.45, 7) is 22.3. The first kappa shape index (κ1) is 49.2. The number of aromatic nitrogens is 4. The van der Waals surface area contributed by atoms with Crippen molar-refractivity contribution in [2.24, 2.45) is 0 Å². The standard InChI is InChI=1S/2C27H33BN2O4/c2*1-15-11-17(3)23(18(4)12-15)29-9-10-30(24-19(5)13-16(2)14-20(24)6)27(29)28-21(25(31)33-7)22(28)26(32)34-8/h2*9-14,21-22,28H,1-8H3/t2*21-,22-/m11/s1. The Bertz CT molecular complexity index is 2540. The van der Waals surface area contributed by atoms with Crippen LogP contribution in [0.3, 0.4) is 0 Å². The van der Waals surface area contributed by atoms with E-state index in [0.717, 1.165) is 78.7 Å². The summed E-state index contributed by atoms with van der Waals surface area (Å²) in [7, 11) is 5.50. The summed E-state index contributed by atoms with van der Waals surface area (Å²) >= 11 is 0. The highest BCUT2D eigenvalue weighted by atomic mass is 16.5. The number of rotatable bonds is 10. The van der Waals surface area contributed by atoms with Gasteiger partial charge in [-0.2, -0.15) is 0 Å². The van der Waals surface area contributed by atoms with Crippen LogP contribution in [0.1, 0.15) is 66.8 Å². The van der Waals surface area contributed by atoms with Crippen LogP contribution in [0.4, 0.5) is 0 Å².